The van der Waals surface area contributed by atoms with Gasteiger partial charge < -0.3 is 15.0 Å². The van der Waals surface area contributed by atoms with Crippen LogP contribution in [0.4, 0.5) is 5.82 Å². The third-order valence-electron chi connectivity index (χ3n) is 4.16. The molecule has 2 atom stereocenters. The number of pyridine rings is 1. The molecular weight excluding hydrogens is 364 g/mol. The number of hydrogen-bond acceptors (Lipinski definition) is 7. The van der Waals surface area contributed by atoms with Gasteiger partial charge in [0.05, 0.1) is 11.7 Å². The van der Waals surface area contributed by atoms with Gasteiger partial charge in [-0.25, -0.2) is 4.98 Å². The molecule has 1 aliphatic heterocycles. The maximum Gasteiger partial charge on any atom is 0.316 e. The summed E-state index contributed by atoms with van der Waals surface area (Å²) < 4.78 is 5.43. The van der Waals surface area contributed by atoms with Crippen molar-refractivity contribution < 1.29 is 9.53 Å². The van der Waals surface area contributed by atoms with Gasteiger partial charge in [0, 0.05) is 24.0 Å². The van der Waals surface area contributed by atoms with Crippen molar-refractivity contribution in [3.63, 3.8) is 0 Å². The number of thioether (sulfide) groups is 1. The van der Waals surface area contributed by atoms with Crippen LogP contribution in [0.25, 0.3) is 0 Å². The average Bonchev–Trinajstić information content (AvgIpc) is 2.60. The largest absolute Gasteiger partial charge is 0.462 e. The predicted octanol–water partition coefficient (Wildman–Crippen LogP) is 2.92. The number of nitrogens with one attached hydrogen (secondary N) is 2. The fourth-order valence-electron chi connectivity index (χ4n) is 3.15. The molecule has 0 spiro atoms. The van der Waals surface area contributed by atoms with Crippen LogP contribution in [0.3, 0.4) is 0 Å². The number of anilines is 1. The van der Waals surface area contributed by atoms with Crippen molar-refractivity contribution >= 4 is 23.5 Å². The highest BCUT2D eigenvalue weighted by Crippen LogP contribution is 2.42. The van der Waals surface area contributed by atoms with Crippen LogP contribution in [-0.4, -0.2) is 32.8 Å². The zero-order valence-electron chi connectivity index (χ0n) is 15.5. The molecule has 2 N–H and O–H groups in total. The lowest BCUT2D eigenvalue weighted by Crippen LogP contribution is -2.38. The van der Waals surface area contributed by atoms with Gasteiger partial charge in [-0.3, -0.25) is 14.6 Å². The van der Waals surface area contributed by atoms with E-state index < -0.39 is 17.8 Å². The quantitative estimate of drug-likeness (QED) is 0.463. The van der Waals surface area contributed by atoms with Crippen molar-refractivity contribution in [1.82, 2.24) is 15.0 Å². The molecule has 2 unspecified atom stereocenters. The van der Waals surface area contributed by atoms with Crippen LogP contribution in [0, 0.1) is 5.92 Å². The summed E-state index contributed by atoms with van der Waals surface area (Å²) >= 11 is 1.44. The molecule has 2 aromatic rings. The second-order valence-electron chi connectivity index (χ2n) is 6.44. The minimum atomic E-state index is -0.753. The summed E-state index contributed by atoms with van der Waals surface area (Å²) in [6.45, 7) is 9.56. The highest BCUT2D eigenvalue weighted by molar-refractivity contribution is 7.99. The van der Waals surface area contributed by atoms with E-state index in [-0.39, 0.29) is 11.7 Å². The van der Waals surface area contributed by atoms with Crippen molar-refractivity contribution in [2.75, 3.05) is 11.1 Å². The van der Waals surface area contributed by atoms with E-state index in [0.29, 0.717) is 22.2 Å². The zero-order chi connectivity index (χ0) is 19.6. The second-order valence-corrected chi connectivity index (χ2v) is 7.70. The van der Waals surface area contributed by atoms with Gasteiger partial charge in [-0.05, 0) is 31.2 Å². The van der Waals surface area contributed by atoms with Gasteiger partial charge in [0.2, 0.25) is 0 Å². The van der Waals surface area contributed by atoms with Crippen LogP contribution < -0.4 is 10.9 Å². The Labute approximate surface area is 161 Å². The number of H-pyrrole nitrogens is 1. The first kappa shape index (κ1) is 19.2. The summed E-state index contributed by atoms with van der Waals surface area (Å²) in [5, 5.41) is 3.57. The van der Waals surface area contributed by atoms with Crippen LogP contribution in [0.2, 0.25) is 0 Å². The van der Waals surface area contributed by atoms with E-state index in [1.54, 1.807) is 32.3 Å². The molecule has 0 amide bonds. The summed E-state index contributed by atoms with van der Waals surface area (Å²) in [6, 6.07) is 3.61. The monoisotopic (exact) mass is 386 g/mol. The van der Waals surface area contributed by atoms with Crippen LogP contribution >= 0.6 is 11.8 Å². The maximum absolute atomic E-state index is 12.9. The highest BCUT2D eigenvalue weighted by Gasteiger charge is 2.42. The van der Waals surface area contributed by atoms with Crippen LogP contribution in [0.5, 0.6) is 0 Å². The number of carbonyl (C=O) groups is 1. The fourth-order valence-corrected chi connectivity index (χ4v) is 3.75. The number of hydrogen-bond donors (Lipinski definition) is 2. The molecule has 0 saturated heterocycles. The first-order valence-corrected chi connectivity index (χ1v) is 9.74. The molecule has 0 aromatic carbocycles. The Kier molecular flexibility index (Phi) is 5.65. The second kappa shape index (κ2) is 7.96. The number of esters is 1. The van der Waals surface area contributed by atoms with Gasteiger partial charge in [0.25, 0.3) is 5.56 Å². The molecule has 0 aliphatic carbocycles. The minimum Gasteiger partial charge on any atom is -0.462 e. The number of carbonyl (C=O) groups excluding carboxylic acids is 1. The van der Waals surface area contributed by atoms with E-state index in [9.17, 15) is 9.59 Å². The number of ether oxygens (including phenoxy) is 1. The lowest BCUT2D eigenvalue weighted by atomic mass is 9.78. The molecule has 0 radical (unpaired) electrons. The van der Waals surface area contributed by atoms with Crippen molar-refractivity contribution in [2.45, 2.75) is 37.9 Å². The smallest absolute Gasteiger partial charge is 0.316 e. The first-order valence-electron chi connectivity index (χ1n) is 8.75. The molecule has 7 nitrogen and oxygen atoms in total. The molecule has 27 heavy (non-hydrogen) atoms. The Bertz CT molecular complexity index is 911. The predicted molar refractivity (Wildman–Crippen MR) is 105 cm³/mol. The molecule has 0 fully saturated rings. The van der Waals surface area contributed by atoms with Gasteiger partial charge in [0.1, 0.15) is 11.7 Å². The molecular formula is C19H22N4O3S. The van der Waals surface area contributed by atoms with Crippen LogP contribution in [-0.2, 0) is 9.53 Å². The normalized spacial score (nSPS) is 18.7. The number of fused-ring (bicyclic) bond motifs is 1. The summed E-state index contributed by atoms with van der Waals surface area (Å²) in [5.74, 6) is -0.573. The number of nitrogens with zero attached hydrogens (tertiary/aromatic N) is 2. The summed E-state index contributed by atoms with van der Waals surface area (Å²) in [6.07, 6.45) is 3.02. The van der Waals surface area contributed by atoms with Gasteiger partial charge in [-0.1, -0.05) is 31.3 Å². The standard InChI is InChI=1S/C19H22N4O3S/c1-5-27-19-22-16-15(17(24)23-19)14(12-7-6-8-20-9-12)13(11(4)21-16)18(25)26-10(2)3/h6-10,13-14H,4-5H2,1-3H3,(H2,21,22,23,24). The first-order chi connectivity index (χ1) is 12.9. The van der Waals surface area contributed by atoms with Crippen molar-refractivity contribution in [3.05, 3.63) is 58.3 Å². The lowest BCUT2D eigenvalue weighted by Gasteiger charge is -2.33. The third-order valence-corrected chi connectivity index (χ3v) is 4.92. The summed E-state index contributed by atoms with van der Waals surface area (Å²) in [7, 11) is 0. The summed E-state index contributed by atoms with van der Waals surface area (Å²) in [5.41, 5.74) is 1.29. The Morgan fingerprint density at radius 3 is 2.85 bits per heavy atom. The Morgan fingerprint density at radius 2 is 2.22 bits per heavy atom. The lowest BCUT2D eigenvalue weighted by molar-refractivity contribution is -0.151. The van der Waals surface area contributed by atoms with Gasteiger partial charge >= 0.3 is 5.97 Å². The number of aromatic amines is 1. The Balaban J connectivity index is 2.17. The van der Waals surface area contributed by atoms with E-state index in [2.05, 4.69) is 26.8 Å². The van der Waals surface area contributed by atoms with Crippen molar-refractivity contribution in [1.29, 1.82) is 0 Å². The zero-order valence-corrected chi connectivity index (χ0v) is 16.3. The van der Waals surface area contributed by atoms with E-state index in [1.807, 2.05) is 13.0 Å². The van der Waals surface area contributed by atoms with Crippen LogP contribution in [0.1, 0.15) is 37.8 Å². The maximum atomic E-state index is 12.9. The van der Waals surface area contributed by atoms with E-state index >= 15 is 0 Å². The molecule has 142 valence electrons. The van der Waals surface area contributed by atoms with Gasteiger partial charge in [-0.15, -0.1) is 0 Å². The molecule has 0 saturated carbocycles. The molecule has 3 rings (SSSR count). The molecule has 1 aliphatic rings. The summed E-state index contributed by atoms with van der Waals surface area (Å²) in [4.78, 5) is 37.2. The Hall–Kier alpha value is -2.61. The topological polar surface area (TPSA) is 97.0 Å². The SMILES string of the molecule is C=C1Nc2nc(SCC)[nH]c(=O)c2C(c2cccnc2)C1C(=O)OC(C)C. The number of aromatic nitrogens is 3. The van der Waals surface area contributed by atoms with Gasteiger partial charge in [0.15, 0.2) is 5.16 Å². The number of rotatable bonds is 5. The molecule has 0 bridgehead atoms. The fraction of sp³-hybridized carbons (Fsp3) is 0.368. The molecule has 2 aromatic heterocycles. The minimum absolute atomic E-state index is 0.277. The van der Waals surface area contributed by atoms with Crippen molar-refractivity contribution in [2.24, 2.45) is 5.92 Å². The Morgan fingerprint density at radius 1 is 1.44 bits per heavy atom. The van der Waals surface area contributed by atoms with Crippen molar-refractivity contribution in [3.8, 4) is 0 Å². The van der Waals surface area contributed by atoms with E-state index in [4.69, 9.17) is 4.74 Å². The molecule has 3 heterocycles. The molecule has 8 heteroatoms. The third kappa shape index (κ3) is 3.90. The van der Waals surface area contributed by atoms with Crippen LogP contribution in [0.15, 0.2) is 46.8 Å². The average molecular weight is 386 g/mol. The van der Waals surface area contributed by atoms with E-state index in [1.165, 1.54) is 11.8 Å². The highest BCUT2D eigenvalue weighted by atomic mass is 32.2. The van der Waals surface area contributed by atoms with Gasteiger partial charge in [-0.2, -0.15) is 0 Å². The van der Waals surface area contributed by atoms with E-state index in [0.717, 1.165) is 11.3 Å².